The molecule has 17 heteroatoms. The van der Waals surface area contributed by atoms with E-state index in [-0.39, 0.29) is 54.0 Å². The van der Waals surface area contributed by atoms with Gasteiger partial charge in [0.2, 0.25) is 21.9 Å². The second-order valence-electron chi connectivity index (χ2n) is 12.4. The Morgan fingerprint density at radius 2 is 1.80 bits per heavy atom. The first-order valence-electron chi connectivity index (χ1n) is 16.4. The van der Waals surface area contributed by atoms with E-state index in [1.54, 1.807) is 14.0 Å². The summed E-state index contributed by atoms with van der Waals surface area (Å²) in [5, 5.41) is 9.45. The molecule has 3 N–H and O–H groups in total. The number of fused-ring (bicyclic) bond motifs is 7. The fourth-order valence-electron chi connectivity index (χ4n) is 5.88. The van der Waals surface area contributed by atoms with E-state index >= 15 is 4.39 Å². The van der Waals surface area contributed by atoms with Crippen LogP contribution >= 0.6 is 15.9 Å². The number of methoxy groups -OCH3 is 1. The number of amides is 1. The summed E-state index contributed by atoms with van der Waals surface area (Å²) in [5.41, 5.74) is 1.79. The van der Waals surface area contributed by atoms with E-state index in [1.165, 1.54) is 22.6 Å². The number of hydrogen-bond acceptors (Lipinski definition) is 12. The van der Waals surface area contributed by atoms with Crippen LogP contribution in [-0.4, -0.2) is 102 Å². The van der Waals surface area contributed by atoms with Crippen molar-refractivity contribution in [1.82, 2.24) is 20.2 Å². The van der Waals surface area contributed by atoms with Gasteiger partial charge in [-0.1, -0.05) is 0 Å². The van der Waals surface area contributed by atoms with Crippen molar-refractivity contribution in [1.29, 1.82) is 0 Å². The van der Waals surface area contributed by atoms with E-state index in [0.717, 1.165) is 24.8 Å². The number of aromatic nitrogens is 2. The Balaban J connectivity index is 1.48. The predicted octanol–water partition coefficient (Wildman–Crippen LogP) is 4.86. The zero-order chi connectivity index (χ0) is 36.0. The summed E-state index contributed by atoms with van der Waals surface area (Å²) in [7, 11) is 1.60. The van der Waals surface area contributed by atoms with E-state index < -0.39 is 15.8 Å². The molecule has 0 saturated carbocycles. The van der Waals surface area contributed by atoms with Crippen LogP contribution in [0, 0.1) is 5.82 Å². The second kappa shape index (κ2) is 16.3. The van der Waals surface area contributed by atoms with Gasteiger partial charge in [0.15, 0.2) is 11.6 Å². The maximum Gasteiger partial charge on any atom is 0.234 e. The van der Waals surface area contributed by atoms with Gasteiger partial charge < -0.3 is 40.0 Å². The number of hydrogen-bond donors (Lipinski definition) is 3. The lowest BCUT2D eigenvalue weighted by Gasteiger charge is -2.35. The summed E-state index contributed by atoms with van der Waals surface area (Å²) < 4.78 is 60.5. The van der Waals surface area contributed by atoms with Crippen LogP contribution in [0.3, 0.4) is 0 Å². The third-order valence-electron chi connectivity index (χ3n) is 8.25. The number of halogens is 2. The van der Waals surface area contributed by atoms with Crippen molar-refractivity contribution in [2.75, 3.05) is 86.7 Å². The lowest BCUT2D eigenvalue weighted by molar-refractivity contribution is -0.122. The highest BCUT2D eigenvalue weighted by Crippen LogP contribution is 2.42. The van der Waals surface area contributed by atoms with E-state index in [1.807, 2.05) is 31.1 Å². The minimum absolute atomic E-state index is 0.00920. The second-order valence-corrected chi connectivity index (χ2v) is 15.1. The molecule has 3 aliphatic heterocycles. The summed E-state index contributed by atoms with van der Waals surface area (Å²) in [6, 6.07) is 6.44. The van der Waals surface area contributed by atoms with Crippen LogP contribution in [0.25, 0.3) is 0 Å². The molecular weight excluding hydrogens is 735 g/mol. The molecule has 1 saturated heterocycles. The normalized spacial score (nSPS) is 15.6. The summed E-state index contributed by atoms with van der Waals surface area (Å²) >= 11 is 3.46. The number of likely N-dealkylation sites (N-methyl/N-ethyl adjacent to an activating group) is 1. The summed E-state index contributed by atoms with van der Waals surface area (Å²) in [6.07, 6.45) is 5.33. The van der Waals surface area contributed by atoms with Crippen molar-refractivity contribution < 1.29 is 31.8 Å². The number of nitrogens with one attached hydrogen (secondary N) is 3. The first-order valence-corrected chi connectivity index (χ1v) is 19.0. The number of anilines is 6. The van der Waals surface area contributed by atoms with Crippen molar-refractivity contribution in [3.8, 4) is 17.2 Å². The Hall–Kier alpha value is -4.09. The summed E-state index contributed by atoms with van der Waals surface area (Å²) in [5.74, 6) is 0.899. The molecule has 6 bridgehead atoms. The fraction of sp³-hybridized carbons (Fsp3) is 0.485. The molecule has 0 radical (unpaired) electrons. The number of rotatable bonds is 8. The SMILES string of the molecule is CCN(c1cc2c(F)cc1Nc1nc(ncc1Br)Nc1cc(c(N3CCC(NC(=O)CN(C)C)CC3)cc1OC)OCCCCO2)S(C)(=O)=O. The average molecular weight is 780 g/mol. The zero-order valence-electron chi connectivity index (χ0n) is 28.9. The molecule has 4 heterocycles. The highest BCUT2D eigenvalue weighted by Gasteiger charge is 2.26. The van der Waals surface area contributed by atoms with Crippen LogP contribution in [0.4, 0.5) is 38.9 Å². The number of ether oxygens (including phenoxy) is 3. The molecule has 272 valence electrons. The van der Waals surface area contributed by atoms with Crippen molar-refractivity contribution in [2.45, 2.75) is 38.6 Å². The van der Waals surface area contributed by atoms with Crippen molar-refractivity contribution in [3.63, 3.8) is 0 Å². The third kappa shape index (κ3) is 9.17. The molecule has 1 aromatic heterocycles. The van der Waals surface area contributed by atoms with Crippen LogP contribution in [-0.2, 0) is 14.8 Å². The Labute approximate surface area is 300 Å². The van der Waals surface area contributed by atoms with E-state index in [2.05, 4.69) is 46.7 Å². The first-order chi connectivity index (χ1) is 23.9. The lowest BCUT2D eigenvalue weighted by atomic mass is 10.0. The predicted molar refractivity (Wildman–Crippen MR) is 196 cm³/mol. The van der Waals surface area contributed by atoms with Gasteiger partial charge in [-0.3, -0.25) is 9.10 Å². The van der Waals surface area contributed by atoms with Crippen LogP contribution < -0.4 is 39.4 Å². The molecule has 3 aliphatic rings. The molecule has 14 nitrogen and oxygen atoms in total. The monoisotopic (exact) mass is 778 g/mol. The molecule has 0 atom stereocenters. The smallest absolute Gasteiger partial charge is 0.234 e. The van der Waals surface area contributed by atoms with Crippen molar-refractivity contribution >= 4 is 66.4 Å². The van der Waals surface area contributed by atoms with Gasteiger partial charge >= 0.3 is 0 Å². The van der Waals surface area contributed by atoms with Crippen LogP contribution in [0.5, 0.6) is 17.2 Å². The largest absolute Gasteiger partial charge is 0.494 e. The van der Waals surface area contributed by atoms with E-state index in [4.69, 9.17) is 14.2 Å². The van der Waals surface area contributed by atoms with Crippen molar-refractivity contribution in [3.05, 3.63) is 40.8 Å². The van der Waals surface area contributed by atoms with Gasteiger partial charge in [0.05, 0.1) is 60.3 Å². The minimum Gasteiger partial charge on any atom is -0.494 e. The molecular formula is C33H44BrFN8O6S. The standard InChI is InChI=1S/C33H44BrFN8O6S/c1-6-43(50(5,45)46)26-17-28-23(35)15-24(26)38-32-22(34)19-36-33(40-32)39-25-16-30(49-14-8-7-13-48-28)27(18-29(25)47-4)42-11-9-21(10-12-42)37-31(44)20-41(2)3/h15-19,21H,6-14,20H2,1-5H3,(H,37,44)(H2,36,38,39,40). The van der Waals surface area contributed by atoms with Gasteiger partial charge in [0.1, 0.15) is 17.3 Å². The summed E-state index contributed by atoms with van der Waals surface area (Å²) in [6.45, 7) is 4.10. The Morgan fingerprint density at radius 3 is 2.44 bits per heavy atom. The Bertz CT molecular complexity index is 1790. The molecule has 1 amide bonds. The molecule has 3 aromatic rings. The van der Waals surface area contributed by atoms with Crippen molar-refractivity contribution in [2.24, 2.45) is 0 Å². The maximum atomic E-state index is 15.4. The topological polar surface area (TPSA) is 150 Å². The number of benzene rings is 2. The number of carbonyl (C=O) groups excluding carboxylic acids is 1. The van der Waals surface area contributed by atoms with Gasteiger partial charge in [-0.25, -0.2) is 17.8 Å². The molecule has 0 aliphatic carbocycles. The van der Waals surface area contributed by atoms with Gasteiger partial charge in [0, 0.05) is 56.1 Å². The molecule has 0 unspecified atom stereocenters. The number of carbonyl (C=O) groups is 1. The highest BCUT2D eigenvalue weighted by atomic mass is 79.9. The number of nitrogens with zero attached hydrogens (tertiary/aromatic N) is 5. The zero-order valence-corrected chi connectivity index (χ0v) is 31.3. The summed E-state index contributed by atoms with van der Waals surface area (Å²) in [4.78, 5) is 25.5. The van der Waals surface area contributed by atoms with Crippen LogP contribution in [0.2, 0.25) is 0 Å². The number of sulfonamides is 1. The molecule has 1 fully saturated rings. The van der Waals surface area contributed by atoms with Gasteiger partial charge in [-0.2, -0.15) is 4.98 Å². The Kier molecular flexibility index (Phi) is 12.1. The average Bonchev–Trinajstić information content (AvgIpc) is 3.05. The third-order valence-corrected chi connectivity index (χ3v) is 10.1. The molecule has 2 aromatic carbocycles. The molecule has 6 rings (SSSR count). The van der Waals surface area contributed by atoms with Crippen LogP contribution in [0.1, 0.15) is 32.6 Å². The van der Waals surface area contributed by atoms with Gasteiger partial charge in [0.25, 0.3) is 0 Å². The van der Waals surface area contributed by atoms with Crippen LogP contribution in [0.15, 0.2) is 34.9 Å². The fourth-order valence-corrected chi connectivity index (χ4v) is 7.15. The number of piperidine rings is 1. The highest BCUT2D eigenvalue weighted by molar-refractivity contribution is 9.10. The van der Waals surface area contributed by atoms with E-state index in [9.17, 15) is 13.2 Å². The maximum absolute atomic E-state index is 15.4. The molecule has 0 spiro atoms. The quantitative estimate of drug-likeness (QED) is 0.287. The van der Waals surface area contributed by atoms with E-state index in [0.29, 0.717) is 60.7 Å². The lowest BCUT2D eigenvalue weighted by Crippen LogP contribution is -2.46. The Morgan fingerprint density at radius 1 is 1.10 bits per heavy atom. The minimum atomic E-state index is -3.72. The first kappa shape index (κ1) is 37.2. The van der Waals surface area contributed by atoms with Gasteiger partial charge in [-0.15, -0.1) is 0 Å². The van der Waals surface area contributed by atoms with Gasteiger partial charge in [-0.05, 0) is 62.6 Å². The molecule has 50 heavy (non-hydrogen) atoms.